The minimum atomic E-state index is -0.0728. The predicted molar refractivity (Wildman–Crippen MR) is 92.6 cm³/mol. The zero-order valence-electron chi connectivity index (χ0n) is 14.1. The molecule has 2 aromatic heterocycles. The molecular weight excluding hydrogens is 334 g/mol. The van der Waals surface area contributed by atoms with Gasteiger partial charge in [0.1, 0.15) is 0 Å². The predicted octanol–water partition coefficient (Wildman–Crippen LogP) is 1.21. The number of hydrogen-bond donors (Lipinski definition) is 2. The first-order chi connectivity index (χ1) is 12.8. The van der Waals surface area contributed by atoms with Crippen LogP contribution in [0, 0.1) is 5.92 Å². The summed E-state index contributed by atoms with van der Waals surface area (Å²) in [4.78, 5) is 12.4. The lowest BCUT2D eigenvalue weighted by atomic mass is 10.0. The Bertz CT molecular complexity index is 869. The van der Waals surface area contributed by atoms with Crippen LogP contribution in [0.3, 0.4) is 0 Å². The number of ether oxygens (including phenoxy) is 1. The zero-order chi connectivity index (χ0) is 17.8. The highest BCUT2D eigenvalue weighted by molar-refractivity contribution is 5.95. The maximum Gasteiger partial charge on any atom is 0.290 e. The van der Waals surface area contributed by atoms with Gasteiger partial charge in [0.2, 0.25) is 0 Å². The van der Waals surface area contributed by atoms with Crippen molar-refractivity contribution in [2.24, 2.45) is 5.92 Å². The number of amides is 1. The van der Waals surface area contributed by atoms with Gasteiger partial charge in [-0.1, -0.05) is 17.2 Å². The van der Waals surface area contributed by atoms with Crippen LogP contribution in [0.15, 0.2) is 36.7 Å². The second-order valence-corrected chi connectivity index (χ2v) is 6.24. The molecule has 1 unspecified atom stereocenters. The highest BCUT2D eigenvalue weighted by Crippen LogP contribution is 2.21. The molecule has 2 N–H and O–H groups in total. The molecule has 134 valence electrons. The minimum Gasteiger partial charge on any atom is -0.381 e. The Balaban J connectivity index is 1.42. The van der Waals surface area contributed by atoms with Gasteiger partial charge in [0, 0.05) is 37.1 Å². The summed E-state index contributed by atoms with van der Waals surface area (Å²) in [5.41, 5.74) is 2.39. The van der Waals surface area contributed by atoms with Crippen molar-refractivity contribution in [2.75, 3.05) is 19.8 Å². The van der Waals surface area contributed by atoms with Crippen molar-refractivity contribution in [2.45, 2.75) is 12.8 Å². The highest BCUT2D eigenvalue weighted by atomic mass is 16.5. The van der Waals surface area contributed by atoms with Gasteiger partial charge in [0.15, 0.2) is 0 Å². The first-order valence-corrected chi connectivity index (χ1v) is 8.54. The van der Waals surface area contributed by atoms with Gasteiger partial charge in [0.05, 0.1) is 6.20 Å². The number of nitrogens with one attached hydrogen (secondary N) is 2. The topological polar surface area (TPSA) is 111 Å². The Morgan fingerprint density at radius 2 is 2.35 bits per heavy atom. The van der Waals surface area contributed by atoms with Crippen LogP contribution in [0.5, 0.6) is 0 Å². The number of rotatable bonds is 6. The molecule has 1 aromatic carbocycles. The number of aromatic amines is 1. The maximum atomic E-state index is 12.4. The molecule has 0 bridgehead atoms. The van der Waals surface area contributed by atoms with E-state index in [1.165, 1.54) is 4.68 Å². The standard InChI is InChI=1S/C17H19N7O2/c25-16(18-6-4-12-5-7-26-11-12)14-3-1-2-13(8-14)15-9-19-24(10-15)17-20-22-23-21-17/h1-3,8-10,12H,4-7,11H2,(H,18,25)(H,20,21,22,23). The van der Waals surface area contributed by atoms with E-state index in [9.17, 15) is 4.79 Å². The Labute approximate surface area is 149 Å². The lowest BCUT2D eigenvalue weighted by molar-refractivity contribution is 0.0950. The number of tetrazole rings is 1. The van der Waals surface area contributed by atoms with Crippen LogP contribution in [-0.2, 0) is 4.74 Å². The summed E-state index contributed by atoms with van der Waals surface area (Å²) < 4.78 is 6.88. The number of carbonyl (C=O) groups is 1. The summed E-state index contributed by atoms with van der Waals surface area (Å²) in [6, 6.07) is 7.46. The van der Waals surface area contributed by atoms with E-state index in [0.29, 0.717) is 24.0 Å². The molecule has 0 radical (unpaired) electrons. The Kier molecular flexibility index (Phi) is 4.69. The van der Waals surface area contributed by atoms with E-state index in [4.69, 9.17) is 4.74 Å². The highest BCUT2D eigenvalue weighted by Gasteiger charge is 2.16. The summed E-state index contributed by atoms with van der Waals surface area (Å²) in [6.45, 7) is 2.29. The van der Waals surface area contributed by atoms with Gasteiger partial charge in [-0.2, -0.15) is 10.3 Å². The largest absolute Gasteiger partial charge is 0.381 e. The van der Waals surface area contributed by atoms with Crippen molar-refractivity contribution in [3.8, 4) is 17.1 Å². The van der Waals surface area contributed by atoms with E-state index in [0.717, 1.165) is 37.2 Å². The molecule has 1 amide bonds. The van der Waals surface area contributed by atoms with Crippen LogP contribution >= 0.6 is 0 Å². The quantitative estimate of drug-likeness (QED) is 0.689. The number of aromatic nitrogens is 6. The molecule has 0 aliphatic carbocycles. The average Bonchev–Trinajstić information content (AvgIpc) is 3.42. The Morgan fingerprint density at radius 1 is 1.38 bits per heavy atom. The summed E-state index contributed by atoms with van der Waals surface area (Å²) in [5, 5.41) is 20.9. The molecular formula is C17H19N7O2. The van der Waals surface area contributed by atoms with Crippen LogP contribution in [0.4, 0.5) is 0 Å². The van der Waals surface area contributed by atoms with E-state index in [2.05, 4.69) is 31.0 Å². The lowest BCUT2D eigenvalue weighted by Gasteiger charge is -2.09. The zero-order valence-corrected chi connectivity index (χ0v) is 14.1. The molecule has 1 aliphatic rings. The molecule has 1 fully saturated rings. The van der Waals surface area contributed by atoms with Gasteiger partial charge in [-0.3, -0.25) is 4.79 Å². The van der Waals surface area contributed by atoms with Crippen LogP contribution < -0.4 is 5.32 Å². The van der Waals surface area contributed by atoms with E-state index >= 15 is 0 Å². The summed E-state index contributed by atoms with van der Waals surface area (Å²) in [7, 11) is 0. The third-order valence-corrected chi connectivity index (χ3v) is 4.44. The summed E-state index contributed by atoms with van der Waals surface area (Å²) in [5.74, 6) is 0.843. The van der Waals surface area contributed by atoms with Gasteiger partial charge < -0.3 is 10.1 Å². The SMILES string of the molecule is O=C(NCCC1CCOC1)c1cccc(-c2cnn(-c3nn[nH]n3)c2)c1. The van der Waals surface area contributed by atoms with E-state index < -0.39 is 0 Å². The summed E-state index contributed by atoms with van der Waals surface area (Å²) >= 11 is 0. The van der Waals surface area contributed by atoms with Crippen molar-refractivity contribution >= 4 is 5.91 Å². The van der Waals surface area contributed by atoms with Crippen LogP contribution in [-0.4, -0.2) is 56.1 Å². The normalized spacial score (nSPS) is 16.7. The molecule has 1 atom stereocenters. The van der Waals surface area contributed by atoms with Gasteiger partial charge in [-0.25, -0.2) is 4.68 Å². The second kappa shape index (κ2) is 7.44. The molecule has 9 nitrogen and oxygen atoms in total. The van der Waals surface area contributed by atoms with Gasteiger partial charge in [-0.15, -0.1) is 5.10 Å². The molecule has 4 rings (SSSR count). The van der Waals surface area contributed by atoms with Crippen LogP contribution in [0.25, 0.3) is 17.1 Å². The molecule has 9 heteroatoms. The van der Waals surface area contributed by atoms with E-state index in [1.807, 2.05) is 18.2 Å². The van der Waals surface area contributed by atoms with Gasteiger partial charge in [0.25, 0.3) is 11.9 Å². The first-order valence-electron chi connectivity index (χ1n) is 8.54. The average molecular weight is 353 g/mol. The first kappa shape index (κ1) is 16.4. The second-order valence-electron chi connectivity index (χ2n) is 6.24. The molecule has 1 saturated heterocycles. The molecule has 1 aliphatic heterocycles. The Morgan fingerprint density at radius 3 is 3.15 bits per heavy atom. The van der Waals surface area contributed by atoms with E-state index in [1.54, 1.807) is 18.5 Å². The number of carbonyl (C=O) groups excluding carboxylic acids is 1. The third kappa shape index (κ3) is 3.62. The lowest BCUT2D eigenvalue weighted by Crippen LogP contribution is -2.26. The fourth-order valence-corrected chi connectivity index (χ4v) is 2.98. The molecule has 3 aromatic rings. The molecule has 26 heavy (non-hydrogen) atoms. The van der Waals surface area contributed by atoms with Crippen LogP contribution in [0.1, 0.15) is 23.2 Å². The van der Waals surface area contributed by atoms with Gasteiger partial charge >= 0.3 is 0 Å². The number of nitrogens with zero attached hydrogens (tertiary/aromatic N) is 5. The third-order valence-electron chi connectivity index (χ3n) is 4.44. The van der Waals surface area contributed by atoms with Gasteiger partial charge in [-0.05, 0) is 41.7 Å². The molecule has 0 spiro atoms. The van der Waals surface area contributed by atoms with E-state index in [-0.39, 0.29) is 5.91 Å². The molecule has 0 saturated carbocycles. The van der Waals surface area contributed by atoms with Crippen molar-refractivity contribution in [1.82, 2.24) is 35.7 Å². The maximum absolute atomic E-state index is 12.4. The Hall–Kier alpha value is -3.07. The van der Waals surface area contributed by atoms with Crippen molar-refractivity contribution in [1.29, 1.82) is 0 Å². The van der Waals surface area contributed by atoms with Crippen molar-refractivity contribution < 1.29 is 9.53 Å². The minimum absolute atomic E-state index is 0.0728. The van der Waals surface area contributed by atoms with Crippen LogP contribution in [0.2, 0.25) is 0 Å². The smallest absolute Gasteiger partial charge is 0.290 e. The van der Waals surface area contributed by atoms with Crippen molar-refractivity contribution in [3.63, 3.8) is 0 Å². The fourth-order valence-electron chi connectivity index (χ4n) is 2.98. The fraction of sp³-hybridized carbons (Fsp3) is 0.353. The molecule has 3 heterocycles. The monoisotopic (exact) mass is 353 g/mol. The number of H-pyrrole nitrogens is 1. The summed E-state index contributed by atoms with van der Waals surface area (Å²) in [6.07, 6.45) is 5.52. The number of benzene rings is 1. The number of hydrogen-bond acceptors (Lipinski definition) is 6. The van der Waals surface area contributed by atoms with Crippen molar-refractivity contribution in [3.05, 3.63) is 42.2 Å².